The van der Waals surface area contributed by atoms with E-state index in [2.05, 4.69) is 4.98 Å². The zero-order chi connectivity index (χ0) is 17.8. The number of benzene rings is 2. The van der Waals surface area contributed by atoms with E-state index in [-0.39, 0.29) is 6.10 Å². The summed E-state index contributed by atoms with van der Waals surface area (Å²) in [5.74, 6) is 2.15. The number of pyridine rings is 1. The molecule has 0 amide bonds. The van der Waals surface area contributed by atoms with Crippen LogP contribution in [0.2, 0.25) is 0 Å². The lowest BCUT2D eigenvalue weighted by Gasteiger charge is -2.27. The Morgan fingerprint density at radius 2 is 1.96 bits per heavy atom. The minimum atomic E-state index is -0.152. The second kappa shape index (κ2) is 7.45. The summed E-state index contributed by atoms with van der Waals surface area (Å²) in [6, 6.07) is 19.6. The van der Waals surface area contributed by atoms with Crippen LogP contribution in [0.5, 0.6) is 17.2 Å². The van der Waals surface area contributed by atoms with Crippen LogP contribution < -0.4 is 19.9 Å². The molecule has 1 atom stereocenters. The third kappa shape index (κ3) is 3.48. The van der Waals surface area contributed by atoms with Gasteiger partial charge in [0.2, 0.25) is 0 Å². The van der Waals surface area contributed by atoms with E-state index in [0.29, 0.717) is 31.3 Å². The molecule has 1 aliphatic rings. The third-order valence-corrected chi connectivity index (χ3v) is 4.21. The zero-order valence-corrected chi connectivity index (χ0v) is 14.3. The molecule has 5 nitrogen and oxygen atoms in total. The third-order valence-electron chi connectivity index (χ3n) is 4.21. The number of para-hydroxylation sites is 1. The molecule has 0 saturated carbocycles. The van der Waals surface area contributed by atoms with Gasteiger partial charge in [0.1, 0.15) is 25.1 Å². The number of hydrogen-bond donors (Lipinski definition) is 1. The fraction of sp³-hybridized carbons (Fsp3) is 0.190. The van der Waals surface area contributed by atoms with Gasteiger partial charge in [0.15, 0.2) is 11.5 Å². The van der Waals surface area contributed by atoms with Crippen LogP contribution in [0.15, 0.2) is 66.9 Å². The summed E-state index contributed by atoms with van der Waals surface area (Å²) >= 11 is 0. The van der Waals surface area contributed by atoms with E-state index in [0.717, 1.165) is 22.6 Å². The number of ether oxygens (including phenoxy) is 3. The van der Waals surface area contributed by atoms with Crippen molar-refractivity contribution in [1.82, 2.24) is 4.98 Å². The predicted octanol–water partition coefficient (Wildman–Crippen LogP) is 3.43. The minimum Gasteiger partial charge on any atom is -0.489 e. The molecule has 1 unspecified atom stereocenters. The number of fused-ring (bicyclic) bond motifs is 1. The van der Waals surface area contributed by atoms with Gasteiger partial charge in [0.25, 0.3) is 0 Å². The molecule has 0 spiro atoms. The Morgan fingerprint density at radius 3 is 2.81 bits per heavy atom. The van der Waals surface area contributed by atoms with Gasteiger partial charge >= 0.3 is 0 Å². The maximum absolute atomic E-state index is 6.00. The molecule has 4 rings (SSSR count). The van der Waals surface area contributed by atoms with Gasteiger partial charge in [-0.2, -0.15) is 0 Å². The van der Waals surface area contributed by atoms with Gasteiger partial charge in [-0.3, -0.25) is 4.98 Å². The number of nitrogens with two attached hydrogens (primary N) is 1. The highest BCUT2D eigenvalue weighted by Crippen LogP contribution is 2.40. The second-order valence-corrected chi connectivity index (χ2v) is 6.07. The van der Waals surface area contributed by atoms with Crippen LogP contribution in [-0.4, -0.2) is 24.2 Å². The monoisotopic (exact) mass is 348 g/mol. The van der Waals surface area contributed by atoms with Crippen LogP contribution in [0.1, 0.15) is 5.56 Å². The topological polar surface area (TPSA) is 66.6 Å². The fourth-order valence-corrected chi connectivity index (χ4v) is 2.84. The molecule has 2 heterocycles. The van der Waals surface area contributed by atoms with Crippen molar-refractivity contribution in [2.75, 3.05) is 13.2 Å². The van der Waals surface area contributed by atoms with Crippen molar-refractivity contribution in [3.05, 3.63) is 72.4 Å². The lowest BCUT2D eigenvalue weighted by atomic mass is 10.1. The van der Waals surface area contributed by atoms with Gasteiger partial charge in [-0.25, -0.2) is 0 Å². The normalized spacial score (nSPS) is 15.5. The summed E-state index contributed by atoms with van der Waals surface area (Å²) in [7, 11) is 0. The van der Waals surface area contributed by atoms with Crippen LogP contribution in [0.25, 0.3) is 11.3 Å². The average Bonchev–Trinajstić information content (AvgIpc) is 2.72. The Bertz CT molecular complexity index is 883. The Hall–Kier alpha value is -3.05. The van der Waals surface area contributed by atoms with Crippen molar-refractivity contribution < 1.29 is 14.2 Å². The molecule has 1 aliphatic heterocycles. The van der Waals surface area contributed by atoms with Crippen molar-refractivity contribution in [2.24, 2.45) is 5.73 Å². The van der Waals surface area contributed by atoms with Gasteiger partial charge in [-0.1, -0.05) is 36.4 Å². The molecule has 2 aromatic carbocycles. The largest absolute Gasteiger partial charge is 0.489 e. The van der Waals surface area contributed by atoms with Crippen LogP contribution in [0.4, 0.5) is 0 Å². The maximum atomic E-state index is 6.00. The molecule has 5 heteroatoms. The van der Waals surface area contributed by atoms with E-state index < -0.39 is 0 Å². The van der Waals surface area contributed by atoms with Gasteiger partial charge in [0, 0.05) is 24.4 Å². The SMILES string of the molecule is NCC1COc2cccc(-c3cc(OCc4ccccc4)ccn3)c2O1. The smallest absolute Gasteiger partial charge is 0.171 e. The van der Waals surface area contributed by atoms with Crippen LogP contribution in [0, 0.1) is 0 Å². The highest BCUT2D eigenvalue weighted by molar-refractivity contribution is 5.72. The van der Waals surface area contributed by atoms with Gasteiger partial charge in [0.05, 0.1) is 5.69 Å². The Balaban J connectivity index is 1.59. The summed E-state index contributed by atoms with van der Waals surface area (Å²) < 4.78 is 17.7. The number of nitrogens with zero attached hydrogens (tertiary/aromatic N) is 1. The van der Waals surface area contributed by atoms with Crippen molar-refractivity contribution in [3.8, 4) is 28.5 Å². The predicted molar refractivity (Wildman–Crippen MR) is 99.4 cm³/mol. The highest BCUT2D eigenvalue weighted by atomic mass is 16.6. The van der Waals surface area contributed by atoms with Crippen molar-refractivity contribution in [1.29, 1.82) is 0 Å². The highest BCUT2D eigenvalue weighted by Gasteiger charge is 2.23. The average molecular weight is 348 g/mol. The first-order chi connectivity index (χ1) is 12.8. The first-order valence-corrected chi connectivity index (χ1v) is 8.59. The number of rotatable bonds is 5. The van der Waals surface area contributed by atoms with E-state index in [4.69, 9.17) is 19.9 Å². The summed E-state index contributed by atoms with van der Waals surface area (Å²) in [5, 5.41) is 0. The zero-order valence-electron chi connectivity index (χ0n) is 14.3. The summed E-state index contributed by atoms with van der Waals surface area (Å²) in [5.41, 5.74) is 8.48. The van der Waals surface area contributed by atoms with E-state index >= 15 is 0 Å². The second-order valence-electron chi connectivity index (χ2n) is 6.07. The van der Waals surface area contributed by atoms with Crippen LogP contribution >= 0.6 is 0 Å². The molecule has 1 aromatic heterocycles. The van der Waals surface area contributed by atoms with Crippen molar-refractivity contribution >= 4 is 0 Å². The summed E-state index contributed by atoms with van der Waals surface area (Å²) in [6.45, 7) is 1.37. The minimum absolute atomic E-state index is 0.152. The fourth-order valence-electron chi connectivity index (χ4n) is 2.84. The molecule has 0 aliphatic carbocycles. The Morgan fingerprint density at radius 1 is 1.08 bits per heavy atom. The number of aromatic nitrogens is 1. The maximum Gasteiger partial charge on any atom is 0.171 e. The van der Waals surface area contributed by atoms with Gasteiger partial charge < -0.3 is 19.9 Å². The first kappa shape index (κ1) is 16.4. The van der Waals surface area contributed by atoms with Gasteiger partial charge in [-0.05, 0) is 23.8 Å². The standard InChI is InChI=1S/C21H20N2O3/c22-12-17-14-25-20-8-4-7-18(21(20)26-17)19-11-16(9-10-23-19)24-13-15-5-2-1-3-6-15/h1-11,17H,12-14,22H2. The molecule has 2 N–H and O–H groups in total. The quantitative estimate of drug-likeness (QED) is 0.765. The van der Waals surface area contributed by atoms with E-state index in [1.807, 2.05) is 60.7 Å². The molecule has 132 valence electrons. The number of hydrogen-bond acceptors (Lipinski definition) is 5. The molecule has 0 fully saturated rings. The van der Waals surface area contributed by atoms with E-state index in [1.165, 1.54) is 0 Å². The lowest BCUT2D eigenvalue weighted by molar-refractivity contribution is 0.0976. The van der Waals surface area contributed by atoms with E-state index in [9.17, 15) is 0 Å². The molecular weight excluding hydrogens is 328 g/mol. The molecular formula is C21H20N2O3. The van der Waals surface area contributed by atoms with Crippen LogP contribution in [-0.2, 0) is 6.61 Å². The first-order valence-electron chi connectivity index (χ1n) is 8.59. The van der Waals surface area contributed by atoms with E-state index in [1.54, 1.807) is 6.20 Å². The molecule has 0 bridgehead atoms. The summed E-state index contributed by atoms with van der Waals surface area (Å²) in [4.78, 5) is 4.48. The molecule has 3 aromatic rings. The Kier molecular flexibility index (Phi) is 4.71. The Labute approximate surface area is 152 Å². The summed E-state index contributed by atoms with van der Waals surface area (Å²) in [6.07, 6.45) is 1.58. The van der Waals surface area contributed by atoms with Crippen molar-refractivity contribution in [2.45, 2.75) is 12.7 Å². The molecule has 0 radical (unpaired) electrons. The van der Waals surface area contributed by atoms with Gasteiger partial charge in [-0.15, -0.1) is 0 Å². The lowest BCUT2D eigenvalue weighted by Crippen LogP contribution is -2.35. The van der Waals surface area contributed by atoms with Crippen molar-refractivity contribution in [3.63, 3.8) is 0 Å². The molecule has 0 saturated heterocycles. The molecule has 26 heavy (non-hydrogen) atoms. The van der Waals surface area contributed by atoms with Crippen LogP contribution in [0.3, 0.4) is 0 Å².